The summed E-state index contributed by atoms with van der Waals surface area (Å²) in [6.07, 6.45) is 1.61. The molecule has 1 fully saturated rings. The van der Waals surface area contributed by atoms with Crippen LogP contribution in [0.4, 0.5) is 25.0 Å². The van der Waals surface area contributed by atoms with Crippen molar-refractivity contribution in [2.45, 2.75) is 97.1 Å². The lowest BCUT2D eigenvalue weighted by atomic mass is 9.86. The highest BCUT2D eigenvalue weighted by atomic mass is 19.1. The highest BCUT2D eigenvalue weighted by Crippen LogP contribution is 2.42. The van der Waals surface area contributed by atoms with Gasteiger partial charge in [-0.05, 0) is 130 Å². The van der Waals surface area contributed by atoms with Crippen LogP contribution in [-0.4, -0.2) is 59.5 Å². The zero-order valence-corrected chi connectivity index (χ0v) is 28.3. The highest BCUT2D eigenvalue weighted by Gasteiger charge is 2.47. The maximum atomic E-state index is 13.8. The second-order valence-corrected chi connectivity index (χ2v) is 14.9. The molecular formula is C35H46F2N4O5. The van der Waals surface area contributed by atoms with Gasteiger partial charge in [0.1, 0.15) is 22.8 Å². The summed E-state index contributed by atoms with van der Waals surface area (Å²) in [7, 11) is 0. The molecule has 5 rings (SSSR count). The number of urea groups is 1. The number of anilines is 2. The number of rotatable bonds is 4. The van der Waals surface area contributed by atoms with E-state index in [-0.39, 0.29) is 29.5 Å². The number of halogens is 2. The van der Waals surface area contributed by atoms with E-state index < -0.39 is 33.8 Å². The third-order valence-corrected chi connectivity index (χ3v) is 9.13. The Morgan fingerprint density at radius 3 is 2.07 bits per heavy atom. The number of nitrogens with zero attached hydrogens (tertiary/aromatic N) is 2. The third-order valence-electron chi connectivity index (χ3n) is 9.13. The van der Waals surface area contributed by atoms with Crippen LogP contribution in [0.15, 0.2) is 36.4 Å². The molecule has 3 heterocycles. The van der Waals surface area contributed by atoms with Crippen LogP contribution in [0.1, 0.15) is 86.3 Å². The van der Waals surface area contributed by atoms with Gasteiger partial charge in [0.25, 0.3) is 0 Å². The van der Waals surface area contributed by atoms with Crippen molar-refractivity contribution >= 4 is 35.2 Å². The fraction of sp³-hybridized carbons (Fsp3) is 0.543. The highest BCUT2D eigenvalue weighted by molar-refractivity contribution is 6.22. The number of carbonyl (C=O) groups is 4. The van der Waals surface area contributed by atoms with Gasteiger partial charge in [-0.25, -0.2) is 18.5 Å². The van der Waals surface area contributed by atoms with Crippen LogP contribution in [0, 0.1) is 17.6 Å². The van der Waals surface area contributed by atoms with E-state index in [0.29, 0.717) is 36.6 Å². The van der Waals surface area contributed by atoms with Crippen molar-refractivity contribution in [1.82, 2.24) is 10.2 Å². The van der Waals surface area contributed by atoms with Gasteiger partial charge >= 0.3 is 12.0 Å². The predicted molar refractivity (Wildman–Crippen MR) is 173 cm³/mol. The van der Waals surface area contributed by atoms with Crippen molar-refractivity contribution in [1.29, 1.82) is 0 Å². The molecule has 0 bridgehead atoms. The average Bonchev–Trinajstić information content (AvgIpc) is 3.29. The Kier molecular flexibility index (Phi) is 9.43. The summed E-state index contributed by atoms with van der Waals surface area (Å²) >= 11 is 0. The van der Waals surface area contributed by atoms with Crippen molar-refractivity contribution in [3.63, 3.8) is 0 Å². The molecule has 11 heteroatoms. The van der Waals surface area contributed by atoms with Crippen LogP contribution in [-0.2, 0) is 30.0 Å². The first-order valence-electron chi connectivity index (χ1n) is 15.7. The molecule has 2 aromatic carbocycles. The fourth-order valence-corrected chi connectivity index (χ4v) is 6.03. The Balaban J connectivity index is 0.000000305. The van der Waals surface area contributed by atoms with Crippen LogP contribution in [0.25, 0.3) is 0 Å². The molecule has 9 nitrogen and oxygen atoms in total. The van der Waals surface area contributed by atoms with Crippen molar-refractivity contribution in [3.8, 4) is 0 Å². The van der Waals surface area contributed by atoms with E-state index >= 15 is 0 Å². The van der Waals surface area contributed by atoms with Gasteiger partial charge in [-0.1, -0.05) is 12.1 Å². The van der Waals surface area contributed by atoms with Gasteiger partial charge in [-0.3, -0.25) is 19.3 Å². The minimum atomic E-state index is -0.890. The smallest absolute Gasteiger partial charge is 0.328 e. The second kappa shape index (κ2) is 12.4. The standard InChI is InChI=1S/C25H36FN3O4.C10H10FNO/c1-23(2,3)33-21(31)25(6,7)28-12-10-16(11-13-28)15-27-22(32)29-19-14-17(26)8-9-18(19)24(4,5)20(29)30;1-10(2)7-4-3-6(11)5-8(7)12-9(10)13/h8-9,14,16H,10-13,15H2,1-7H3,(H,27,32);3-5H,1-2H3,(H,12,13). The molecule has 4 amide bonds. The minimum absolute atomic E-state index is 0.0758. The molecule has 1 saturated heterocycles. The number of hydrogen-bond acceptors (Lipinski definition) is 6. The number of fused-ring (bicyclic) bond motifs is 2. The predicted octanol–water partition coefficient (Wildman–Crippen LogP) is 6.05. The molecule has 3 aliphatic heterocycles. The molecule has 0 radical (unpaired) electrons. The lowest BCUT2D eigenvalue weighted by Crippen LogP contribution is -2.55. The Hall–Kier alpha value is -3.86. The van der Waals surface area contributed by atoms with Gasteiger partial charge in [-0.2, -0.15) is 0 Å². The van der Waals surface area contributed by atoms with Crippen molar-refractivity contribution in [3.05, 3.63) is 59.2 Å². The maximum Gasteiger partial charge on any atom is 0.328 e. The van der Waals surface area contributed by atoms with E-state index in [1.54, 1.807) is 26.0 Å². The number of hydrogen-bond donors (Lipinski definition) is 2. The molecule has 2 N–H and O–H groups in total. The molecule has 0 atom stereocenters. The number of esters is 1. The normalized spacial score (nSPS) is 19.1. The number of nitrogens with one attached hydrogen (secondary N) is 2. The number of imide groups is 1. The number of ether oxygens (including phenoxy) is 1. The molecular weight excluding hydrogens is 594 g/mol. The van der Waals surface area contributed by atoms with Gasteiger partial charge in [0.15, 0.2) is 0 Å². The van der Waals surface area contributed by atoms with E-state index in [0.717, 1.165) is 23.3 Å². The monoisotopic (exact) mass is 640 g/mol. The molecule has 250 valence electrons. The Morgan fingerprint density at radius 2 is 1.48 bits per heavy atom. The Bertz CT molecular complexity index is 1540. The van der Waals surface area contributed by atoms with Crippen molar-refractivity contribution in [2.75, 3.05) is 29.9 Å². The summed E-state index contributed by atoms with van der Waals surface area (Å²) in [5, 5.41) is 5.51. The zero-order valence-electron chi connectivity index (χ0n) is 28.3. The number of piperidine rings is 1. The zero-order chi connectivity index (χ0) is 34.4. The van der Waals surface area contributed by atoms with E-state index in [1.807, 2.05) is 48.5 Å². The summed E-state index contributed by atoms with van der Waals surface area (Å²) in [4.78, 5) is 53.0. The first-order valence-corrected chi connectivity index (χ1v) is 15.7. The summed E-state index contributed by atoms with van der Waals surface area (Å²) in [6, 6.07) is 7.96. The van der Waals surface area contributed by atoms with Crippen LogP contribution in [0.5, 0.6) is 0 Å². The Morgan fingerprint density at radius 1 is 0.913 bits per heavy atom. The molecule has 3 aliphatic rings. The van der Waals surface area contributed by atoms with E-state index in [2.05, 4.69) is 15.5 Å². The van der Waals surface area contributed by atoms with Gasteiger partial charge in [-0.15, -0.1) is 0 Å². The molecule has 0 unspecified atom stereocenters. The lowest BCUT2D eigenvalue weighted by molar-refractivity contribution is -0.168. The molecule has 0 spiro atoms. The fourth-order valence-electron chi connectivity index (χ4n) is 6.03. The summed E-state index contributed by atoms with van der Waals surface area (Å²) in [6.45, 7) is 18.3. The largest absolute Gasteiger partial charge is 0.459 e. The quantitative estimate of drug-likeness (QED) is 0.395. The number of benzene rings is 2. The van der Waals surface area contributed by atoms with Crippen LogP contribution >= 0.6 is 0 Å². The maximum absolute atomic E-state index is 13.8. The van der Waals surface area contributed by atoms with Crippen molar-refractivity contribution < 1.29 is 32.7 Å². The van der Waals surface area contributed by atoms with Crippen LogP contribution < -0.4 is 15.5 Å². The first-order chi connectivity index (χ1) is 21.2. The number of amides is 4. The molecule has 0 aromatic heterocycles. The lowest BCUT2D eigenvalue weighted by Gasteiger charge is -2.42. The molecule has 0 saturated carbocycles. The van der Waals surface area contributed by atoms with Gasteiger partial charge < -0.3 is 15.4 Å². The molecule has 0 aliphatic carbocycles. The third kappa shape index (κ3) is 6.94. The minimum Gasteiger partial charge on any atom is -0.459 e. The van der Waals surface area contributed by atoms with E-state index in [9.17, 15) is 28.0 Å². The molecule has 46 heavy (non-hydrogen) atoms. The van der Waals surface area contributed by atoms with E-state index in [4.69, 9.17) is 4.74 Å². The van der Waals surface area contributed by atoms with Gasteiger partial charge in [0, 0.05) is 12.2 Å². The van der Waals surface area contributed by atoms with Gasteiger partial charge in [0.2, 0.25) is 11.8 Å². The summed E-state index contributed by atoms with van der Waals surface area (Å²) in [5.41, 5.74) is -0.308. The number of carbonyl (C=O) groups excluding carboxylic acids is 4. The van der Waals surface area contributed by atoms with Crippen LogP contribution in [0.2, 0.25) is 0 Å². The van der Waals surface area contributed by atoms with E-state index in [1.165, 1.54) is 24.3 Å². The molecule has 2 aromatic rings. The van der Waals surface area contributed by atoms with Crippen molar-refractivity contribution in [2.24, 2.45) is 5.92 Å². The Labute approximate surface area is 270 Å². The SMILES string of the molecule is CC(C)(C)OC(=O)C(C)(C)N1CCC(CNC(=O)N2C(=O)C(C)(C)c3ccc(F)cc32)CC1.CC1(C)C(=O)Nc2cc(F)ccc21. The summed E-state index contributed by atoms with van der Waals surface area (Å²) in [5.74, 6) is -1.28. The summed E-state index contributed by atoms with van der Waals surface area (Å²) < 4.78 is 32.2. The topological polar surface area (TPSA) is 108 Å². The van der Waals surface area contributed by atoms with Crippen LogP contribution in [0.3, 0.4) is 0 Å². The second-order valence-electron chi connectivity index (χ2n) is 14.9. The average molecular weight is 641 g/mol. The first kappa shape index (κ1) is 35.0. The van der Waals surface area contributed by atoms with Gasteiger partial charge in [0.05, 0.1) is 16.5 Å². The number of likely N-dealkylation sites (tertiary alicyclic amines) is 1.